The van der Waals surface area contributed by atoms with Gasteiger partial charge in [-0.25, -0.2) is 0 Å². The Morgan fingerprint density at radius 2 is 1.77 bits per heavy atom. The van der Waals surface area contributed by atoms with Gasteiger partial charge in [-0.3, -0.25) is 14.4 Å². The van der Waals surface area contributed by atoms with Crippen molar-refractivity contribution in [2.45, 2.75) is 39.2 Å². The van der Waals surface area contributed by atoms with Crippen LogP contribution in [0.1, 0.15) is 44.0 Å². The molecule has 1 heterocycles. The van der Waals surface area contributed by atoms with Crippen molar-refractivity contribution in [1.82, 2.24) is 4.90 Å². The summed E-state index contributed by atoms with van der Waals surface area (Å²) in [5.74, 6) is -0.680. The molecule has 0 aliphatic carbocycles. The second-order valence-corrected chi connectivity index (χ2v) is 7.07. The van der Waals surface area contributed by atoms with Gasteiger partial charge in [0.25, 0.3) is 5.91 Å². The van der Waals surface area contributed by atoms with Crippen LogP contribution < -0.4 is 11.1 Å². The summed E-state index contributed by atoms with van der Waals surface area (Å²) in [5.41, 5.74) is 5.91. The number of esters is 1. The number of hydrogen-bond donors (Lipinski definition) is 2. The summed E-state index contributed by atoms with van der Waals surface area (Å²) in [5, 5.41) is 2.72. The Morgan fingerprint density at radius 1 is 1.19 bits per heavy atom. The highest BCUT2D eigenvalue weighted by atomic mass is 16.5. The molecule has 1 fully saturated rings. The SMILES string of the molecule is CCOC(=O)C1CCN(C(=O)c2ccc(NC(=O)C(C)(C)N)cc2)CC1. The lowest BCUT2D eigenvalue weighted by Gasteiger charge is -2.31. The van der Waals surface area contributed by atoms with Crippen LogP contribution >= 0.6 is 0 Å². The number of nitrogens with two attached hydrogens (primary N) is 1. The van der Waals surface area contributed by atoms with Crippen LogP contribution in [0.3, 0.4) is 0 Å². The van der Waals surface area contributed by atoms with Crippen LogP contribution in [0.2, 0.25) is 0 Å². The summed E-state index contributed by atoms with van der Waals surface area (Å²) in [6.45, 7) is 6.48. The van der Waals surface area contributed by atoms with Crippen molar-refractivity contribution in [1.29, 1.82) is 0 Å². The summed E-state index contributed by atoms with van der Waals surface area (Å²) in [6.07, 6.45) is 1.23. The Kier molecular flexibility index (Phi) is 6.37. The molecule has 1 aromatic carbocycles. The first-order chi connectivity index (χ1) is 12.2. The van der Waals surface area contributed by atoms with Gasteiger partial charge in [0.2, 0.25) is 5.91 Å². The van der Waals surface area contributed by atoms with E-state index in [0.717, 1.165) is 0 Å². The molecule has 0 aromatic heterocycles. The molecule has 3 N–H and O–H groups in total. The zero-order valence-electron chi connectivity index (χ0n) is 15.6. The highest BCUT2D eigenvalue weighted by molar-refractivity contribution is 5.98. The van der Waals surface area contributed by atoms with Gasteiger partial charge in [0.1, 0.15) is 0 Å². The van der Waals surface area contributed by atoms with Gasteiger partial charge in [0.05, 0.1) is 18.1 Å². The van der Waals surface area contributed by atoms with Gasteiger partial charge in [0.15, 0.2) is 0 Å². The number of ether oxygens (including phenoxy) is 1. The van der Waals surface area contributed by atoms with Crippen molar-refractivity contribution in [2.75, 3.05) is 25.0 Å². The molecule has 26 heavy (non-hydrogen) atoms. The standard InChI is InChI=1S/C19H27N3O4/c1-4-26-17(24)14-9-11-22(12-10-14)16(23)13-5-7-15(8-6-13)21-18(25)19(2,3)20/h5-8,14H,4,9-12,20H2,1-3H3,(H,21,25). The molecule has 7 nitrogen and oxygen atoms in total. The van der Waals surface area contributed by atoms with Gasteiger partial charge in [-0.1, -0.05) is 0 Å². The lowest BCUT2D eigenvalue weighted by Crippen LogP contribution is -2.45. The number of hydrogen-bond acceptors (Lipinski definition) is 5. The van der Waals surface area contributed by atoms with Crippen molar-refractivity contribution in [3.8, 4) is 0 Å². The maximum absolute atomic E-state index is 12.6. The van der Waals surface area contributed by atoms with Gasteiger partial charge in [0, 0.05) is 24.3 Å². The summed E-state index contributed by atoms with van der Waals surface area (Å²) in [4.78, 5) is 38.0. The van der Waals surface area contributed by atoms with E-state index in [9.17, 15) is 14.4 Å². The largest absolute Gasteiger partial charge is 0.466 e. The van der Waals surface area contributed by atoms with Crippen molar-refractivity contribution in [2.24, 2.45) is 11.7 Å². The first-order valence-electron chi connectivity index (χ1n) is 8.88. The molecular formula is C19H27N3O4. The summed E-state index contributed by atoms with van der Waals surface area (Å²) < 4.78 is 5.04. The zero-order valence-corrected chi connectivity index (χ0v) is 15.6. The lowest BCUT2D eigenvalue weighted by atomic mass is 9.96. The molecule has 0 spiro atoms. The topological polar surface area (TPSA) is 102 Å². The Balaban J connectivity index is 1.92. The number of piperidine rings is 1. The number of benzene rings is 1. The first-order valence-corrected chi connectivity index (χ1v) is 8.88. The van der Waals surface area contributed by atoms with Gasteiger partial charge in [-0.2, -0.15) is 0 Å². The third-order valence-electron chi connectivity index (χ3n) is 4.38. The molecule has 0 radical (unpaired) electrons. The predicted octanol–water partition coefficient (Wildman–Crippen LogP) is 1.78. The Labute approximate surface area is 153 Å². The van der Waals surface area contributed by atoms with Crippen molar-refractivity contribution >= 4 is 23.5 Å². The summed E-state index contributed by atoms with van der Waals surface area (Å²) in [6, 6.07) is 6.72. The van der Waals surface area contributed by atoms with E-state index in [0.29, 0.717) is 43.8 Å². The minimum absolute atomic E-state index is 0.0793. The maximum Gasteiger partial charge on any atom is 0.309 e. The second-order valence-electron chi connectivity index (χ2n) is 7.07. The third-order valence-corrected chi connectivity index (χ3v) is 4.38. The fourth-order valence-electron chi connectivity index (χ4n) is 2.75. The predicted molar refractivity (Wildman–Crippen MR) is 98.6 cm³/mol. The Hall–Kier alpha value is -2.41. The quantitative estimate of drug-likeness (QED) is 0.779. The van der Waals surface area contributed by atoms with Gasteiger partial charge >= 0.3 is 5.97 Å². The number of nitrogens with one attached hydrogen (secondary N) is 1. The van der Waals surface area contributed by atoms with Crippen LogP contribution in [0.5, 0.6) is 0 Å². The molecule has 142 valence electrons. The first kappa shape index (κ1) is 19.9. The zero-order chi connectivity index (χ0) is 19.3. The number of likely N-dealkylation sites (tertiary alicyclic amines) is 1. The van der Waals surface area contributed by atoms with Crippen LogP contribution in [0, 0.1) is 5.92 Å². The average Bonchev–Trinajstić information content (AvgIpc) is 2.61. The third kappa shape index (κ3) is 5.05. The molecule has 0 unspecified atom stereocenters. The van der Waals surface area contributed by atoms with E-state index in [1.54, 1.807) is 49.9 Å². The number of anilines is 1. The van der Waals surface area contributed by atoms with Crippen LogP contribution in [-0.2, 0) is 14.3 Å². The molecule has 1 aliphatic heterocycles. The number of carbonyl (C=O) groups excluding carboxylic acids is 3. The van der Waals surface area contributed by atoms with Crippen LogP contribution in [0.4, 0.5) is 5.69 Å². The average molecular weight is 361 g/mol. The van der Waals surface area contributed by atoms with Crippen molar-refractivity contribution < 1.29 is 19.1 Å². The number of rotatable bonds is 5. The molecule has 1 aliphatic rings. The second kappa shape index (κ2) is 8.31. The van der Waals surface area contributed by atoms with E-state index >= 15 is 0 Å². The van der Waals surface area contributed by atoms with Crippen LogP contribution in [0.15, 0.2) is 24.3 Å². The minimum Gasteiger partial charge on any atom is -0.466 e. The fourth-order valence-corrected chi connectivity index (χ4v) is 2.75. The molecular weight excluding hydrogens is 334 g/mol. The van der Waals surface area contributed by atoms with E-state index in [1.165, 1.54) is 0 Å². The van der Waals surface area contributed by atoms with Gasteiger partial charge in [-0.15, -0.1) is 0 Å². The van der Waals surface area contributed by atoms with Crippen LogP contribution in [0.25, 0.3) is 0 Å². The normalized spacial score (nSPS) is 15.5. The molecule has 1 aromatic rings. The molecule has 1 saturated heterocycles. The molecule has 0 bridgehead atoms. The molecule has 7 heteroatoms. The van der Waals surface area contributed by atoms with Gasteiger partial charge in [-0.05, 0) is 57.9 Å². The summed E-state index contributed by atoms with van der Waals surface area (Å²) in [7, 11) is 0. The Bertz CT molecular complexity index is 656. The van der Waals surface area contributed by atoms with Crippen molar-refractivity contribution in [3.05, 3.63) is 29.8 Å². The minimum atomic E-state index is -0.974. The molecule has 2 amide bonds. The number of nitrogens with zero attached hydrogens (tertiary/aromatic N) is 1. The number of carbonyl (C=O) groups is 3. The molecule has 2 rings (SSSR count). The summed E-state index contributed by atoms with van der Waals surface area (Å²) >= 11 is 0. The number of amides is 2. The molecule has 0 saturated carbocycles. The Morgan fingerprint density at radius 3 is 2.27 bits per heavy atom. The fraction of sp³-hybridized carbons (Fsp3) is 0.526. The highest BCUT2D eigenvalue weighted by Crippen LogP contribution is 2.21. The van der Waals surface area contributed by atoms with Gasteiger partial charge < -0.3 is 20.7 Å². The van der Waals surface area contributed by atoms with Crippen molar-refractivity contribution in [3.63, 3.8) is 0 Å². The van der Waals surface area contributed by atoms with Crippen LogP contribution in [-0.4, -0.2) is 47.9 Å². The maximum atomic E-state index is 12.6. The smallest absolute Gasteiger partial charge is 0.309 e. The van der Waals surface area contributed by atoms with E-state index in [-0.39, 0.29) is 23.7 Å². The van der Waals surface area contributed by atoms with E-state index in [1.807, 2.05) is 0 Å². The monoisotopic (exact) mass is 361 g/mol. The van der Waals surface area contributed by atoms with E-state index in [4.69, 9.17) is 10.5 Å². The molecule has 0 atom stereocenters. The van der Waals surface area contributed by atoms with E-state index in [2.05, 4.69) is 5.32 Å². The lowest BCUT2D eigenvalue weighted by molar-refractivity contribution is -0.149. The van der Waals surface area contributed by atoms with E-state index < -0.39 is 5.54 Å². The highest BCUT2D eigenvalue weighted by Gasteiger charge is 2.28.